The Balaban J connectivity index is 1.76. The molecule has 1 N–H and O–H groups in total. The van der Waals surface area contributed by atoms with E-state index in [1.165, 1.54) is 29.1 Å². The van der Waals surface area contributed by atoms with E-state index in [2.05, 4.69) is 10.3 Å². The topological polar surface area (TPSA) is 97.0 Å². The first kappa shape index (κ1) is 19.1. The van der Waals surface area contributed by atoms with Gasteiger partial charge < -0.3 is 10.1 Å². The molecule has 0 aliphatic heterocycles. The quantitative estimate of drug-likeness (QED) is 0.717. The lowest BCUT2D eigenvalue weighted by atomic mass is 10.1. The minimum atomic E-state index is -0.472. The van der Waals surface area contributed by atoms with E-state index < -0.39 is 5.91 Å². The summed E-state index contributed by atoms with van der Waals surface area (Å²) in [5.41, 5.74) is 1.44. The van der Waals surface area contributed by atoms with E-state index in [0.29, 0.717) is 16.5 Å². The van der Waals surface area contributed by atoms with E-state index in [4.69, 9.17) is 21.6 Å². The number of halogens is 1. The Kier molecular flexibility index (Phi) is 5.72. The highest BCUT2D eigenvalue weighted by Crippen LogP contribution is 2.21. The fourth-order valence-electron chi connectivity index (χ4n) is 2.53. The molecule has 0 atom stereocenters. The van der Waals surface area contributed by atoms with Gasteiger partial charge >= 0.3 is 0 Å². The van der Waals surface area contributed by atoms with Crippen LogP contribution in [0.25, 0.3) is 11.3 Å². The van der Waals surface area contributed by atoms with Gasteiger partial charge in [-0.05, 0) is 42.5 Å². The third-order valence-corrected chi connectivity index (χ3v) is 4.19. The highest BCUT2D eigenvalue weighted by Gasteiger charge is 2.10. The van der Waals surface area contributed by atoms with Crippen LogP contribution in [0.4, 0.5) is 5.69 Å². The summed E-state index contributed by atoms with van der Waals surface area (Å²) < 4.78 is 6.28. The molecule has 3 aromatic rings. The van der Waals surface area contributed by atoms with Gasteiger partial charge in [-0.1, -0.05) is 11.6 Å². The van der Waals surface area contributed by atoms with Gasteiger partial charge in [0.15, 0.2) is 0 Å². The summed E-state index contributed by atoms with van der Waals surface area (Å²) in [5, 5.41) is 12.1. The van der Waals surface area contributed by atoms with Crippen molar-refractivity contribution in [1.29, 1.82) is 5.26 Å². The third-order valence-electron chi connectivity index (χ3n) is 3.96. The molecule has 0 saturated heterocycles. The first-order chi connectivity index (χ1) is 13.5. The number of nitrogens with zero attached hydrogens (tertiary/aromatic N) is 3. The molecule has 0 aliphatic rings. The number of nitrogens with one attached hydrogen (secondary N) is 1. The molecule has 0 saturated carbocycles. The van der Waals surface area contributed by atoms with Crippen LogP contribution in [0.2, 0.25) is 5.02 Å². The van der Waals surface area contributed by atoms with E-state index in [0.717, 1.165) is 5.56 Å². The molecule has 140 valence electrons. The summed E-state index contributed by atoms with van der Waals surface area (Å²) >= 11 is 5.90. The van der Waals surface area contributed by atoms with E-state index >= 15 is 0 Å². The number of aromatic nitrogens is 2. The SMILES string of the molecule is COc1ccc(-c2cc(=O)n(CC(=O)Nc3cc(Cl)ccc3C#N)cn2)cc1. The van der Waals surface area contributed by atoms with Crippen LogP contribution in [-0.2, 0) is 11.3 Å². The normalized spacial score (nSPS) is 10.2. The zero-order valence-corrected chi connectivity index (χ0v) is 15.6. The molecule has 3 rings (SSSR count). The van der Waals surface area contributed by atoms with Crippen LogP contribution in [0.1, 0.15) is 5.56 Å². The summed E-state index contributed by atoms with van der Waals surface area (Å²) in [5.74, 6) is 0.228. The number of carbonyl (C=O) groups excluding carboxylic acids is 1. The van der Waals surface area contributed by atoms with Crippen molar-refractivity contribution in [1.82, 2.24) is 9.55 Å². The fourth-order valence-corrected chi connectivity index (χ4v) is 2.70. The van der Waals surface area contributed by atoms with Crippen LogP contribution in [0.15, 0.2) is 59.7 Å². The van der Waals surface area contributed by atoms with Gasteiger partial charge in [-0.2, -0.15) is 5.26 Å². The van der Waals surface area contributed by atoms with E-state index in [9.17, 15) is 9.59 Å². The Hall–Kier alpha value is -3.63. The van der Waals surface area contributed by atoms with Crippen LogP contribution in [0.3, 0.4) is 0 Å². The van der Waals surface area contributed by atoms with E-state index in [1.54, 1.807) is 37.4 Å². The molecule has 28 heavy (non-hydrogen) atoms. The van der Waals surface area contributed by atoms with Gasteiger partial charge in [0.25, 0.3) is 5.56 Å². The highest BCUT2D eigenvalue weighted by atomic mass is 35.5. The zero-order valence-electron chi connectivity index (χ0n) is 14.8. The first-order valence-electron chi connectivity index (χ1n) is 8.20. The van der Waals surface area contributed by atoms with Crippen molar-refractivity contribution in [3.05, 3.63) is 75.8 Å². The van der Waals surface area contributed by atoms with E-state index in [-0.39, 0.29) is 23.4 Å². The van der Waals surface area contributed by atoms with Crippen LogP contribution in [0.5, 0.6) is 5.75 Å². The molecular weight excluding hydrogens is 380 g/mol. The number of ether oxygens (including phenoxy) is 1. The number of hydrogen-bond acceptors (Lipinski definition) is 5. The van der Waals surface area contributed by atoms with Gasteiger partial charge in [0, 0.05) is 16.7 Å². The Labute approximate surface area is 165 Å². The number of nitriles is 1. The second-order valence-electron chi connectivity index (χ2n) is 5.82. The maximum atomic E-state index is 12.3. The molecule has 8 heteroatoms. The summed E-state index contributed by atoms with van der Waals surface area (Å²) in [4.78, 5) is 28.9. The number of benzene rings is 2. The smallest absolute Gasteiger partial charge is 0.254 e. The van der Waals surface area contributed by atoms with Crippen molar-refractivity contribution >= 4 is 23.2 Å². The van der Waals surface area contributed by atoms with Gasteiger partial charge in [0.1, 0.15) is 18.4 Å². The van der Waals surface area contributed by atoms with Gasteiger partial charge in [-0.25, -0.2) is 4.98 Å². The monoisotopic (exact) mass is 394 g/mol. The molecule has 7 nitrogen and oxygen atoms in total. The fraction of sp³-hybridized carbons (Fsp3) is 0.100. The molecule has 0 bridgehead atoms. The molecule has 0 aliphatic carbocycles. The van der Waals surface area contributed by atoms with Crippen molar-refractivity contribution in [3.63, 3.8) is 0 Å². The summed E-state index contributed by atoms with van der Waals surface area (Å²) in [7, 11) is 1.57. The predicted molar refractivity (Wildman–Crippen MR) is 105 cm³/mol. The standard InChI is InChI=1S/C20H15ClN4O3/c1-28-16-6-3-13(4-7-16)17-9-20(27)25(12-23-17)11-19(26)24-18-8-15(21)5-2-14(18)10-22/h2-9,12H,11H2,1H3,(H,24,26). The summed E-state index contributed by atoms with van der Waals surface area (Å²) in [6.07, 6.45) is 1.31. The molecular formula is C20H15ClN4O3. The second-order valence-corrected chi connectivity index (χ2v) is 6.26. The Morgan fingerprint density at radius 1 is 1.25 bits per heavy atom. The van der Waals surface area contributed by atoms with Crippen LogP contribution >= 0.6 is 11.6 Å². The number of methoxy groups -OCH3 is 1. The highest BCUT2D eigenvalue weighted by molar-refractivity contribution is 6.31. The van der Waals surface area contributed by atoms with Crippen molar-refractivity contribution in [2.75, 3.05) is 12.4 Å². The Morgan fingerprint density at radius 3 is 2.64 bits per heavy atom. The molecule has 0 unspecified atom stereocenters. The number of hydrogen-bond donors (Lipinski definition) is 1. The average molecular weight is 395 g/mol. The predicted octanol–water partition coefficient (Wildman–Crippen LogP) is 3.08. The lowest BCUT2D eigenvalue weighted by molar-refractivity contribution is -0.116. The zero-order chi connectivity index (χ0) is 20.1. The third kappa shape index (κ3) is 4.37. The van der Waals surface area contributed by atoms with E-state index in [1.807, 2.05) is 6.07 Å². The van der Waals surface area contributed by atoms with Crippen molar-refractivity contribution < 1.29 is 9.53 Å². The maximum absolute atomic E-state index is 12.3. The number of carbonyl (C=O) groups is 1. The Bertz CT molecular complexity index is 1120. The lowest BCUT2D eigenvalue weighted by Crippen LogP contribution is -2.27. The number of rotatable bonds is 5. The van der Waals surface area contributed by atoms with Crippen molar-refractivity contribution in [3.8, 4) is 23.1 Å². The number of amides is 1. The maximum Gasteiger partial charge on any atom is 0.254 e. The molecule has 1 amide bonds. The molecule has 1 aromatic heterocycles. The average Bonchev–Trinajstić information content (AvgIpc) is 2.70. The van der Waals surface area contributed by atoms with Crippen LogP contribution < -0.4 is 15.6 Å². The summed E-state index contributed by atoms with van der Waals surface area (Å²) in [6.45, 7) is -0.244. The molecule has 0 radical (unpaired) electrons. The van der Waals surface area contributed by atoms with Crippen LogP contribution in [-0.4, -0.2) is 22.6 Å². The first-order valence-corrected chi connectivity index (χ1v) is 8.58. The second kappa shape index (κ2) is 8.37. The Morgan fingerprint density at radius 2 is 2.00 bits per heavy atom. The molecule has 0 fully saturated rings. The van der Waals surface area contributed by atoms with Gasteiger partial charge in [0.2, 0.25) is 5.91 Å². The lowest BCUT2D eigenvalue weighted by Gasteiger charge is -2.09. The van der Waals surface area contributed by atoms with Crippen LogP contribution in [0, 0.1) is 11.3 Å². The largest absolute Gasteiger partial charge is 0.497 e. The van der Waals surface area contributed by atoms with Gasteiger partial charge in [-0.15, -0.1) is 0 Å². The number of anilines is 1. The van der Waals surface area contributed by atoms with Crippen molar-refractivity contribution in [2.24, 2.45) is 0 Å². The minimum absolute atomic E-state index is 0.244. The molecule has 0 spiro atoms. The molecule has 1 heterocycles. The minimum Gasteiger partial charge on any atom is -0.497 e. The molecule has 2 aromatic carbocycles. The van der Waals surface area contributed by atoms with Gasteiger partial charge in [0.05, 0.1) is 30.4 Å². The summed E-state index contributed by atoms with van der Waals surface area (Å²) in [6, 6.07) is 15.0. The van der Waals surface area contributed by atoms with Gasteiger partial charge in [-0.3, -0.25) is 14.2 Å². The van der Waals surface area contributed by atoms with Crippen molar-refractivity contribution in [2.45, 2.75) is 6.54 Å².